The van der Waals surface area contributed by atoms with Crippen molar-refractivity contribution in [2.24, 2.45) is 10.3 Å². The smallest absolute Gasteiger partial charge is 0.347 e. The number of benzene rings is 1. The molecule has 1 aromatic carbocycles. The van der Waals surface area contributed by atoms with Gasteiger partial charge in [0.05, 0.1) is 12.5 Å². The first kappa shape index (κ1) is 17.0. The fourth-order valence-corrected chi connectivity index (χ4v) is 4.69. The molecule has 8 nitrogen and oxygen atoms in total. The second kappa shape index (κ2) is 6.39. The molecular formula is C17H18N2O6S. The zero-order valence-electron chi connectivity index (χ0n) is 14.0. The summed E-state index contributed by atoms with van der Waals surface area (Å²) >= 11 is 0. The lowest BCUT2D eigenvalue weighted by molar-refractivity contribution is -0.164. The predicted octanol–water partition coefficient (Wildman–Crippen LogP) is 0.706. The number of fused-ring (bicyclic) bond motifs is 1. The van der Waals surface area contributed by atoms with Crippen LogP contribution in [0.25, 0.3) is 0 Å². The van der Waals surface area contributed by atoms with Crippen molar-refractivity contribution in [3.63, 3.8) is 0 Å². The van der Waals surface area contributed by atoms with Crippen molar-refractivity contribution in [3.05, 3.63) is 29.8 Å². The minimum Gasteiger partial charge on any atom is -0.463 e. The first-order valence-electron chi connectivity index (χ1n) is 8.52. The molecule has 1 unspecified atom stereocenters. The van der Waals surface area contributed by atoms with E-state index in [2.05, 4.69) is 4.40 Å². The van der Waals surface area contributed by atoms with Crippen LogP contribution in [0.1, 0.15) is 24.8 Å². The second-order valence-electron chi connectivity index (χ2n) is 6.53. The molecule has 0 amide bonds. The Balaban J connectivity index is 1.41. The third kappa shape index (κ3) is 2.96. The SMILES string of the molecule is O=C(OC1CCOC1=O)C1CCN(C2=NS(=O)(=O)c3ccccc32)CC1. The highest BCUT2D eigenvalue weighted by Gasteiger charge is 2.37. The summed E-state index contributed by atoms with van der Waals surface area (Å²) in [6.45, 7) is 1.28. The first-order valence-corrected chi connectivity index (χ1v) is 9.96. The summed E-state index contributed by atoms with van der Waals surface area (Å²) < 4.78 is 38.3. The largest absolute Gasteiger partial charge is 0.463 e. The van der Waals surface area contributed by atoms with Gasteiger partial charge in [-0.05, 0) is 25.0 Å². The monoisotopic (exact) mass is 378 g/mol. The Morgan fingerprint density at radius 2 is 1.92 bits per heavy atom. The molecule has 0 bridgehead atoms. The molecule has 26 heavy (non-hydrogen) atoms. The number of rotatable bonds is 2. The maximum atomic E-state index is 12.3. The number of ether oxygens (including phenoxy) is 2. The van der Waals surface area contributed by atoms with Gasteiger partial charge in [-0.3, -0.25) is 4.79 Å². The van der Waals surface area contributed by atoms with E-state index in [-0.39, 0.29) is 17.4 Å². The zero-order valence-corrected chi connectivity index (χ0v) is 14.8. The number of carbonyl (C=O) groups excluding carboxylic acids is 2. The second-order valence-corrected chi connectivity index (χ2v) is 8.10. The first-order chi connectivity index (χ1) is 12.5. The lowest BCUT2D eigenvalue weighted by Crippen LogP contribution is -2.41. The third-order valence-electron chi connectivity index (χ3n) is 4.89. The molecule has 3 aliphatic rings. The van der Waals surface area contributed by atoms with Gasteiger partial charge >= 0.3 is 11.9 Å². The molecule has 1 aromatic rings. The van der Waals surface area contributed by atoms with Gasteiger partial charge in [0.1, 0.15) is 4.90 Å². The van der Waals surface area contributed by atoms with Crippen molar-refractivity contribution >= 4 is 27.8 Å². The van der Waals surface area contributed by atoms with Crippen LogP contribution in [0.3, 0.4) is 0 Å². The normalized spacial score (nSPS) is 24.8. The van der Waals surface area contributed by atoms with Gasteiger partial charge in [0.25, 0.3) is 10.0 Å². The van der Waals surface area contributed by atoms with E-state index < -0.39 is 28.1 Å². The summed E-state index contributed by atoms with van der Waals surface area (Å²) in [4.78, 5) is 25.8. The Labute approximate surface area is 150 Å². The summed E-state index contributed by atoms with van der Waals surface area (Å²) in [6.07, 6.45) is 0.634. The number of likely N-dealkylation sites (tertiary alicyclic amines) is 1. The van der Waals surface area contributed by atoms with Crippen LogP contribution in [0.2, 0.25) is 0 Å². The fourth-order valence-electron chi connectivity index (χ4n) is 3.46. The summed E-state index contributed by atoms with van der Waals surface area (Å²) in [5.41, 5.74) is 0.599. The van der Waals surface area contributed by atoms with Crippen LogP contribution in [0.4, 0.5) is 0 Å². The van der Waals surface area contributed by atoms with Gasteiger partial charge in [-0.25, -0.2) is 4.79 Å². The maximum Gasteiger partial charge on any atom is 0.347 e. The van der Waals surface area contributed by atoms with E-state index in [0.717, 1.165) is 0 Å². The molecule has 0 saturated carbocycles. The topological polar surface area (TPSA) is 102 Å². The van der Waals surface area contributed by atoms with Crippen molar-refractivity contribution in [3.8, 4) is 0 Å². The number of piperidine rings is 1. The number of esters is 2. The van der Waals surface area contributed by atoms with Crippen molar-refractivity contribution in [1.82, 2.24) is 4.90 Å². The molecule has 0 aliphatic carbocycles. The molecule has 2 fully saturated rings. The van der Waals surface area contributed by atoms with Gasteiger partial charge in [0.15, 0.2) is 5.84 Å². The van der Waals surface area contributed by atoms with Crippen molar-refractivity contribution in [2.45, 2.75) is 30.3 Å². The van der Waals surface area contributed by atoms with E-state index in [1.54, 1.807) is 24.3 Å². The van der Waals surface area contributed by atoms with E-state index >= 15 is 0 Å². The van der Waals surface area contributed by atoms with Gasteiger partial charge in [0, 0.05) is 25.1 Å². The van der Waals surface area contributed by atoms with Gasteiger partial charge < -0.3 is 14.4 Å². The summed E-state index contributed by atoms with van der Waals surface area (Å²) in [6, 6.07) is 6.74. The van der Waals surface area contributed by atoms with Gasteiger partial charge in [0.2, 0.25) is 6.10 Å². The molecule has 0 spiro atoms. The highest BCUT2D eigenvalue weighted by Crippen LogP contribution is 2.30. The average molecular weight is 378 g/mol. The number of hydrogen-bond acceptors (Lipinski definition) is 7. The molecule has 138 valence electrons. The zero-order chi connectivity index (χ0) is 18.3. The number of amidine groups is 1. The van der Waals surface area contributed by atoms with Crippen LogP contribution in [-0.4, -0.2) is 56.9 Å². The predicted molar refractivity (Wildman–Crippen MR) is 89.9 cm³/mol. The van der Waals surface area contributed by atoms with Crippen molar-refractivity contribution < 1.29 is 27.5 Å². The van der Waals surface area contributed by atoms with E-state index in [0.29, 0.717) is 43.8 Å². The van der Waals surface area contributed by atoms with Crippen LogP contribution >= 0.6 is 0 Å². The molecule has 0 N–H and O–H groups in total. The number of hydrogen-bond donors (Lipinski definition) is 0. The Morgan fingerprint density at radius 3 is 2.62 bits per heavy atom. The Morgan fingerprint density at radius 1 is 1.19 bits per heavy atom. The molecular weight excluding hydrogens is 360 g/mol. The summed E-state index contributed by atoms with van der Waals surface area (Å²) in [5.74, 6) is -0.756. The Hall–Kier alpha value is -2.42. The summed E-state index contributed by atoms with van der Waals surface area (Å²) in [5, 5.41) is 0. The standard InChI is InChI=1S/C17H18N2O6S/c20-16(25-13-7-10-24-17(13)21)11-5-8-19(9-6-11)15-12-3-1-2-4-14(12)26(22,23)18-15/h1-4,11,13H,5-10H2. The lowest BCUT2D eigenvalue weighted by Gasteiger charge is -2.32. The van der Waals surface area contributed by atoms with Crippen LogP contribution < -0.4 is 0 Å². The number of cyclic esters (lactones) is 1. The van der Waals surface area contributed by atoms with Crippen LogP contribution in [0.15, 0.2) is 33.6 Å². The molecule has 3 aliphatic heterocycles. The average Bonchev–Trinajstić information content (AvgIpc) is 3.16. The van der Waals surface area contributed by atoms with E-state index in [4.69, 9.17) is 9.47 Å². The number of sulfonamides is 1. The van der Waals surface area contributed by atoms with Gasteiger partial charge in [-0.2, -0.15) is 8.42 Å². The Kier molecular flexibility index (Phi) is 4.18. The highest BCUT2D eigenvalue weighted by molar-refractivity contribution is 7.90. The van der Waals surface area contributed by atoms with Crippen LogP contribution in [-0.2, 0) is 29.1 Å². The van der Waals surface area contributed by atoms with Gasteiger partial charge in [-0.15, -0.1) is 4.40 Å². The van der Waals surface area contributed by atoms with Crippen molar-refractivity contribution in [1.29, 1.82) is 0 Å². The molecule has 1 atom stereocenters. The van der Waals surface area contributed by atoms with E-state index in [9.17, 15) is 18.0 Å². The van der Waals surface area contributed by atoms with E-state index in [1.165, 1.54) is 0 Å². The van der Waals surface area contributed by atoms with Crippen LogP contribution in [0.5, 0.6) is 0 Å². The molecule has 2 saturated heterocycles. The molecule has 0 radical (unpaired) electrons. The van der Waals surface area contributed by atoms with Crippen molar-refractivity contribution in [2.75, 3.05) is 19.7 Å². The molecule has 0 aromatic heterocycles. The number of nitrogens with zero attached hydrogens (tertiary/aromatic N) is 2. The lowest BCUT2D eigenvalue weighted by atomic mass is 9.96. The van der Waals surface area contributed by atoms with Gasteiger partial charge in [-0.1, -0.05) is 12.1 Å². The minimum atomic E-state index is -3.65. The fraction of sp³-hybridized carbons (Fsp3) is 0.471. The van der Waals surface area contributed by atoms with E-state index in [1.807, 2.05) is 4.90 Å². The molecule has 9 heteroatoms. The molecule has 4 rings (SSSR count). The minimum absolute atomic E-state index is 0.219. The quantitative estimate of drug-likeness (QED) is 0.698. The molecule has 3 heterocycles. The van der Waals surface area contributed by atoms with Crippen LogP contribution in [0, 0.1) is 5.92 Å². The summed E-state index contributed by atoms with van der Waals surface area (Å²) in [7, 11) is -3.65. The number of carbonyl (C=O) groups is 2. The third-order valence-corrected chi connectivity index (χ3v) is 6.21. The Bertz CT molecular complexity index is 886. The highest BCUT2D eigenvalue weighted by atomic mass is 32.2. The maximum absolute atomic E-state index is 12.3.